The van der Waals surface area contributed by atoms with E-state index in [1.807, 2.05) is 18.2 Å². The maximum absolute atomic E-state index is 14.2. The molecule has 1 atom stereocenters. The normalized spacial score (nSPS) is 17.5. The molecule has 3 heterocycles. The number of carbonyl (C=O) groups excluding carboxylic acids is 2. The number of benzene rings is 2. The van der Waals surface area contributed by atoms with E-state index in [4.69, 9.17) is 14.2 Å². The molecular weight excluding hydrogens is 526 g/mol. The molecule has 2 aliphatic heterocycles. The van der Waals surface area contributed by atoms with Crippen LogP contribution in [0.2, 0.25) is 0 Å². The summed E-state index contributed by atoms with van der Waals surface area (Å²) in [4.78, 5) is 40.9. The fourth-order valence-electron chi connectivity index (χ4n) is 4.97. The highest BCUT2D eigenvalue weighted by molar-refractivity contribution is 5.99. The third kappa shape index (κ3) is 4.63. The average molecular weight is 555 g/mol. The summed E-state index contributed by atoms with van der Waals surface area (Å²) >= 11 is 0. The molecule has 0 radical (unpaired) electrons. The Morgan fingerprint density at radius 1 is 1.15 bits per heavy atom. The maximum atomic E-state index is 14.2. The van der Waals surface area contributed by atoms with Crippen LogP contribution in [0.15, 0.2) is 59.5 Å². The second kappa shape index (κ2) is 10.8. The van der Waals surface area contributed by atoms with Crippen molar-refractivity contribution in [2.24, 2.45) is 0 Å². The van der Waals surface area contributed by atoms with E-state index in [9.17, 15) is 23.2 Å². The summed E-state index contributed by atoms with van der Waals surface area (Å²) in [6.07, 6.45) is 0.480. The number of methoxy groups -OCH3 is 1. The highest BCUT2D eigenvalue weighted by atomic mass is 19.1. The number of fused-ring (bicyclic) bond motifs is 2. The van der Waals surface area contributed by atoms with Crippen molar-refractivity contribution in [1.82, 2.24) is 19.9 Å². The maximum Gasteiger partial charge on any atom is 0.291 e. The Balaban J connectivity index is 1.61. The minimum Gasteiger partial charge on any atom is -0.483 e. The molecule has 10 nitrogen and oxygen atoms in total. The molecule has 12 heteroatoms. The van der Waals surface area contributed by atoms with Gasteiger partial charge in [-0.25, -0.2) is 18.8 Å². The number of amides is 2. The van der Waals surface area contributed by atoms with Gasteiger partial charge in [0.2, 0.25) is 5.43 Å². The number of aromatic nitrogens is 1. The molecule has 1 unspecified atom stereocenters. The van der Waals surface area contributed by atoms with Crippen molar-refractivity contribution in [2.75, 3.05) is 34.4 Å². The molecule has 210 valence electrons. The van der Waals surface area contributed by atoms with E-state index in [1.54, 1.807) is 31.2 Å². The van der Waals surface area contributed by atoms with E-state index in [1.165, 1.54) is 28.9 Å². The van der Waals surface area contributed by atoms with Gasteiger partial charge in [-0.05, 0) is 11.6 Å². The van der Waals surface area contributed by atoms with Gasteiger partial charge < -0.3 is 24.1 Å². The van der Waals surface area contributed by atoms with Crippen LogP contribution in [0.1, 0.15) is 32.0 Å². The zero-order chi connectivity index (χ0) is 28.6. The predicted octanol–water partition coefficient (Wildman–Crippen LogP) is 2.27. The van der Waals surface area contributed by atoms with Crippen LogP contribution in [-0.4, -0.2) is 67.0 Å². The van der Waals surface area contributed by atoms with Gasteiger partial charge >= 0.3 is 0 Å². The molecule has 1 saturated heterocycles. The molecule has 2 amide bonds. The van der Waals surface area contributed by atoms with Gasteiger partial charge in [0.1, 0.15) is 29.3 Å². The lowest BCUT2D eigenvalue weighted by molar-refractivity contribution is -0.241. The number of carbonyl (C=O) groups is 2. The first-order valence-electron chi connectivity index (χ1n) is 12.5. The Labute approximate surface area is 228 Å². The van der Waals surface area contributed by atoms with E-state index in [2.05, 4.69) is 5.32 Å². The van der Waals surface area contributed by atoms with Crippen LogP contribution in [0.5, 0.6) is 5.75 Å². The van der Waals surface area contributed by atoms with Gasteiger partial charge in [0.15, 0.2) is 17.7 Å². The predicted molar refractivity (Wildman–Crippen MR) is 138 cm³/mol. The summed E-state index contributed by atoms with van der Waals surface area (Å²) in [6.45, 7) is -0.0615. The molecule has 0 saturated carbocycles. The number of rotatable bonds is 8. The molecule has 1 aromatic heterocycles. The van der Waals surface area contributed by atoms with E-state index >= 15 is 0 Å². The van der Waals surface area contributed by atoms with Gasteiger partial charge in [-0.15, -0.1) is 0 Å². The number of hydrogen-bond acceptors (Lipinski definition) is 7. The molecule has 0 aliphatic carbocycles. The van der Waals surface area contributed by atoms with Gasteiger partial charge in [-0.3, -0.25) is 14.4 Å². The van der Waals surface area contributed by atoms with Crippen molar-refractivity contribution in [3.05, 3.63) is 99.0 Å². The lowest BCUT2D eigenvalue weighted by Gasteiger charge is -2.55. The molecule has 1 spiro atoms. The lowest BCUT2D eigenvalue weighted by atomic mass is 9.89. The minimum atomic E-state index is -0.959. The average Bonchev–Trinajstić information content (AvgIpc) is 2.90. The van der Waals surface area contributed by atoms with Crippen molar-refractivity contribution in [3.63, 3.8) is 0 Å². The number of pyridine rings is 1. The summed E-state index contributed by atoms with van der Waals surface area (Å²) in [5.74, 6) is -3.27. The van der Waals surface area contributed by atoms with E-state index < -0.39 is 40.6 Å². The summed E-state index contributed by atoms with van der Waals surface area (Å²) in [6, 6.07) is 12.0. The molecule has 2 aliphatic rings. The van der Waals surface area contributed by atoms with Crippen LogP contribution in [0.3, 0.4) is 0 Å². The highest BCUT2D eigenvalue weighted by Gasteiger charge is 2.58. The standard InChI is InChI=1S/C28H28F2N4O6/c1-32(2)34-26(37)22-24(40-14-17-7-5-4-6-8-17)23(35)20(13-33(22)28(15-39-16-28)27(34)38-3)25(36)31-12-18-9-10-19(29)11-21(18)30/h4-11,13,27H,12,14-16H2,1-3H3,(H,31,36). The molecule has 0 bridgehead atoms. The SMILES string of the molecule is COC1N(N(C)C)C(=O)c2c(OCc3ccccc3)c(=O)c(C(=O)NCc3ccc(F)cc3F)cn2C12COC2. The fraction of sp³-hybridized carbons (Fsp3) is 0.321. The van der Waals surface area contributed by atoms with Crippen molar-refractivity contribution >= 4 is 11.8 Å². The molecule has 2 aromatic carbocycles. The first-order valence-corrected chi connectivity index (χ1v) is 12.5. The van der Waals surface area contributed by atoms with Crippen LogP contribution >= 0.6 is 0 Å². The number of hydrogen-bond donors (Lipinski definition) is 1. The van der Waals surface area contributed by atoms with Gasteiger partial charge in [0.25, 0.3) is 11.8 Å². The monoisotopic (exact) mass is 554 g/mol. The van der Waals surface area contributed by atoms with Gasteiger partial charge in [0, 0.05) is 45.6 Å². The highest BCUT2D eigenvalue weighted by Crippen LogP contribution is 2.41. The Bertz CT molecular complexity index is 1510. The number of hydrazine groups is 1. The summed E-state index contributed by atoms with van der Waals surface area (Å²) in [5, 5.41) is 5.45. The Kier molecular flexibility index (Phi) is 7.41. The molecular formula is C28H28F2N4O6. The Hall–Kier alpha value is -4.13. The fourth-order valence-corrected chi connectivity index (χ4v) is 4.97. The number of nitrogens with one attached hydrogen (secondary N) is 1. The zero-order valence-electron chi connectivity index (χ0n) is 22.1. The van der Waals surface area contributed by atoms with Crippen LogP contribution in [0.4, 0.5) is 8.78 Å². The molecule has 5 rings (SSSR count). The summed E-state index contributed by atoms with van der Waals surface area (Å²) in [7, 11) is 4.80. The van der Waals surface area contributed by atoms with Crippen molar-refractivity contribution < 1.29 is 32.6 Å². The van der Waals surface area contributed by atoms with Crippen molar-refractivity contribution in [2.45, 2.75) is 24.9 Å². The summed E-state index contributed by atoms with van der Waals surface area (Å²) in [5.41, 5.74) is -1.36. The number of ether oxygens (including phenoxy) is 3. The Morgan fingerprint density at radius 3 is 2.48 bits per heavy atom. The van der Waals surface area contributed by atoms with E-state index in [-0.39, 0.29) is 48.9 Å². The zero-order valence-corrected chi connectivity index (χ0v) is 22.1. The second-order valence-corrected chi connectivity index (χ2v) is 9.79. The van der Waals surface area contributed by atoms with Crippen molar-refractivity contribution in [1.29, 1.82) is 0 Å². The quantitative estimate of drug-likeness (QED) is 0.456. The number of nitrogens with zero attached hydrogens (tertiary/aromatic N) is 3. The molecule has 40 heavy (non-hydrogen) atoms. The van der Waals surface area contributed by atoms with Gasteiger partial charge in [-0.2, -0.15) is 0 Å². The molecule has 1 N–H and O–H groups in total. The van der Waals surface area contributed by atoms with E-state index in [0.29, 0.717) is 6.07 Å². The molecule has 3 aromatic rings. The first-order chi connectivity index (χ1) is 19.2. The van der Waals surface area contributed by atoms with Crippen LogP contribution < -0.4 is 15.5 Å². The third-order valence-corrected chi connectivity index (χ3v) is 7.02. The van der Waals surface area contributed by atoms with Crippen LogP contribution in [0, 0.1) is 11.6 Å². The molecule has 1 fully saturated rings. The third-order valence-electron chi connectivity index (χ3n) is 7.02. The van der Waals surface area contributed by atoms with E-state index in [0.717, 1.165) is 11.6 Å². The first kappa shape index (κ1) is 27.4. The summed E-state index contributed by atoms with van der Waals surface area (Å²) < 4.78 is 46.3. The minimum absolute atomic E-state index is 0.0356. The second-order valence-electron chi connectivity index (χ2n) is 9.79. The largest absolute Gasteiger partial charge is 0.483 e. The number of halogens is 2. The topological polar surface area (TPSA) is 102 Å². The van der Waals surface area contributed by atoms with Gasteiger partial charge in [0.05, 0.1) is 13.2 Å². The Morgan fingerprint density at radius 2 is 1.88 bits per heavy atom. The van der Waals surface area contributed by atoms with Gasteiger partial charge in [-0.1, -0.05) is 36.4 Å². The smallest absolute Gasteiger partial charge is 0.291 e. The lowest BCUT2D eigenvalue weighted by Crippen LogP contribution is -2.72. The van der Waals surface area contributed by atoms with Crippen molar-refractivity contribution in [3.8, 4) is 5.75 Å². The van der Waals surface area contributed by atoms with Crippen LogP contribution in [-0.2, 0) is 28.2 Å². The van der Waals surface area contributed by atoms with Crippen LogP contribution in [0.25, 0.3) is 0 Å².